The van der Waals surface area contributed by atoms with Crippen molar-refractivity contribution in [2.24, 2.45) is 0 Å². The van der Waals surface area contributed by atoms with Crippen LogP contribution in [0.25, 0.3) is 0 Å². The van der Waals surface area contributed by atoms with Crippen molar-refractivity contribution in [1.82, 2.24) is 15.2 Å². The quantitative estimate of drug-likeness (QED) is 0.862. The SMILES string of the molecule is O=C(N1CCc2nc(C3CCNCC3)sc2C1)C(F)(F)F. The molecule has 1 saturated heterocycles. The number of aromatic nitrogens is 1. The number of carbonyl (C=O) groups is 1. The van der Waals surface area contributed by atoms with Crippen LogP contribution in [0, 0.1) is 0 Å². The molecule has 0 radical (unpaired) electrons. The Kier molecular flexibility index (Phi) is 3.92. The molecule has 0 atom stereocenters. The molecular formula is C13H16F3N3OS. The van der Waals surface area contributed by atoms with Gasteiger partial charge < -0.3 is 10.2 Å². The highest BCUT2D eigenvalue weighted by Gasteiger charge is 2.43. The molecule has 4 nitrogen and oxygen atoms in total. The fraction of sp³-hybridized carbons (Fsp3) is 0.692. The average Bonchev–Trinajstić information content (AvgIpc) is 2.89. The van der Waals surface area contributed by atoms with Gasteiger partial charge in [0.1, 0.15) is 0 Å². The van der Waals surface area contributed by atoms with Gasteiger partial charge in [-0.25, -0.2) is 4.98 Å². The molecule has 3 heterocycles. The second-order valence-electron chi connectivity index (χ2n) is 5.42. The van der Waals surface area contributed by atoms with E-state index in [1.165, 1.54) is 11.3 Å². The molecule has 0 bridgehead atoms. The number of hydrogen-bond acceptors (Lipinski definition) is 4. The smallest absolute Gasteiger partial charge is 0.329 e. The molecule has 1 aromatic heterocycles. The molecular weight excluding hydrogens is 303 g/mol. The number of amides is 1. The van der Waals surface area contributed by atoms with E-state index in [2.05, 4.69) is 10.3 Å². The van der Waals surface area contributed by atoms with Crippen molar-refractivity contribution in [3.05, 3.63) is 15.6 Å². The van der Waals surface area contributed by atoms with Gasteiger partial charge in [0.15, 0.2) is 0 Å². The number of carbonyl (C=O) groups excluding carboxylic acids is 1. The largest absolute Gasteiger partial charge is 0.471 e. The van der Waals surface area contributed by atoms with E-state index in [0.717, 1.165) is 46.4 Å². The molecule has 1 aromatic rings. The minimum Gasteiger partial charge on any atom is -0.329 e. The van der Waals surface area contributed by atoms with Crippen LogP contribution in [0.4, 0.5) is 13.2 Å². The Morgan fingerprint density at radius 1 is 1.33 bits per heavy atom. The molecule has 1 fully saturated rings. The van der Waals surface area contributed by atoms with Crippen LogP contribution in [0.15, 0.2) is 0 Å². The summed E-state index contributed by atoms with van der Waals surface area (Å²) in [6.07, 6.45) is -2.35. The first kappa shape index (κ1) is 14.8. The van der Waals surface area contributed by atoms with Crippen LogP contribution < -0.4 is 5.32 Å². The summed E-state index contributed by atoms with van der Waals surface area (Å²) in [5.41, 5.74) is 0.875. The van der Waals surface area contributed by atoms with E-state index in [9.17, 15) is 18.0 Å². The van der Waals surface area contributed by atoms with Gasteiger partial charge in [-0.05, 0) is 25.9 Å². The Morgan fingerprint density at radius 2 is 2.05 bits per heavy atom. The van der Waals surface area contributed by atoms with Gasteiger partial charge in [-0.15, -0.1) is 11.3 Å². The summed E-state index contributed by atoms with van der Waals surface area (Å²) >= 11 is 1.47. The van der Waals surface area contributed by atoms with Crippen LogP contribution in [0.1, 0.15) is 34.3 Å². The molecule has 0 aliphatic carbocycles. The van der Waals surface area contributed by atoms with Crippen LogP contribution >= 0.6 is 11.3 Å². The summed E-state index contributed by atoms with van der Waals surface area (Å²) in [6, 6.07) is 0. The van der Waals surface area contributed by atoms with Gasteiger partial charge in [0, 0.05) is 23.8 Å². The maximum absolute atomic E-state index is 12.5. The summed E-state index contributed by atoms with van der Waals surface area (Å²) in [5, 5.41) is 4.30. The average molecular weight is 319 g/mol. The fourth-order valence-corrected chi connectivity index (χ4v) is 4.11. The van der Waals surface area contributed by atoms with Gasteiger partial charge in [0.25, 0.3) is 0 Å². The summed E-state index contributed by atoms with van der Waals surface area (Å²) in [6.45, 7) is 2.04. The van der Waals surface area contributed by atoms with Crippen molar-refractivity contribution in [2.75, 3.05) is 19.6 Å². The van der Waals surface area contributed by atoms with E-state index >= 15 is 0 Å². The number of alkyl halides is 3. The zero-order chi connectivity index (χ0) is 15.0. The number of rotatable bonds is 1. The monoisotopic (exact) mass is 319 g/mol. The van der Waals surface area contributed by atoms with Crippen LogP contribution in [-0.2, 0) is 17.8 Å². The second-order valence-corrected chi connectivity index (χ2v) is 6.54. The first-order chi connectivity index (χ1) is 9.95. The van der Waals surface area contributed by atoms with E-state index in [1.54, 1.807) is 0 Å². The van der Waals surface area contributed by atoms with Gasteiger partial charge in [0.05, 0.1) is 17.2 Å². The molecule has 1 N–H and O–H groups in total. The molecule has 2 aliphatic heterocycles. The number of nitrogens with one attached hydrogen (secondary N) is 1. The van der Waals surface area contributed by atoms with Crippen LogP contribution in [0.3, 0.4) is 0 Å². The first-order valence-electron chi connectivity index (χ1n) is 7.00. The van der Waals surface area contributed by atoms with Crippen molar-refractivity contribution in [2.45, 2.75) is 37.9 Å². The highest BCUT2D eigenvalue weighted by Crippen LogP contribution is 2.34. The molecule has 21 heavy (non-hydrogen) atoms. The van der Waals surface area contributed by atoms with Crippen molar-refractivity contribution in [1.29, 1.82) is 0 Å². The minimum absolute atomic E-state index is 0.0380. The van der Waals surface area contributed by atoms with Crippen LogP contribution in [0.5, 0.6) is 0 Å². The van der Waals surface area contributed by atoms with Crippen molar-refractivity contribution < 1.29 is 18.0 Å². The van der Waals surface area contributed by atoms with Crippen molar-refractivity contribution >= 4 is 17.2 Å². The lowest BCUT2D eigenvalue weighted by Crippen LogP contribution is -2.43. The van der Waals surface area contributed by atoms with E-state index in [1.807, 2.05) is 0 Å². The maximum atomic E-state index is 12.5. The summed E-state index contributed by atoms with van der Waals surface area (Å²) in [5.74, 6) is -1.35. The Morgan fingerprint density at radius 3 is 2.71 bits per heavy atom. The number of thiazole rings is 1. The van der Waals surface area contributed by atoms with Gasteiger partial charge >= 0.3 is 12.1 Å². The third-order valence-corrected chi connectivity index (χ3v) is 5.21. The van der Waals surface area contributed by atoms with E-state index in [4.69, 9.17) is 0 Å². The highest BCUT2D eigenvalue weighted by molar-refractivity contribution is 7.11. The Labute approximate surface area is 124 Å². The topological polar surface area (TPSA) is 45.2 Å². The molecule has 0 aromatic carbocycles. The standard InChI is InChI=1S/C13H16F3N3OS/c14-13(15,16)12(20)19-6-3-9-10(7-19)21-11(18-9)8-1-4-17-5-2-8/h8,17H,1-7H2. The predicted molar refractivity (Wildman–Crippen MR) is 72.1 cm³/mol. The lowest BCUT2D eigenvalue weighted by atomic mass is 9.99. The van der Waals surface area contributed by atoms with Gasteiger partial charge in [-0.1, -0.05) is 0 Å². The molecule has 116 valence electrons. The third-order valence-electron chi connectivity index (χ3n) is 3.97. The number of nitrogens with zero attached hydrogens (tertiary/aromatic N) is 2. The van der Waals surface area contributed by atoms with E-state index < -0.39 is 12.1 Å². The van der Waals surface area contributed by atoms with Crippen molar-refractivity contribution in [3.63, 3.8) is 0 Å². The lowest BCUT2D eigenvalue weighted by Gasteiger charge is -2.26. The number of fused-ring (bicyclic) bond motifs is 1. The lowest BCUT2D eigenvalue weighted by molar-refractivity contribution is -0.186. The third kappa shape index (κ3) is 3.06. The fourth-order valence-electron chi connectivity index (χ4n) is 2.81. The van der Waals surface area contributed by atoms with E-state index in [0.29, 0.717) is 12.3 Å². The molecule has 8 heteroatoms. The number of piperidine rings is 1. The van der Waals surface area contributed by atoms with Gasteiger partial charge in [0.2, 0.25) is 0 Å². The number of halogens is 3. The zero-order valence-electron chi connectivity index (χ0n) is 11.4. The molecule has 2 aliphatic rings. The molecule has 1 amide bonds. The van der Waals surface area contributed by atoms with Crippen molar-refractivity contribution in [3.8, 4) is 0 Å². The maximum Gasteiger partial charge on any atom is 0.471 e. The summed E-state index contributed by atoms with van der Waals surface area (Å²) in [7, 11) is 0. The van der Waals surface area contributed by atoms with Crippen LogP contribution in [-0.4, -0.2) is 41.6 Å². The van der Waals surface area contributed by atoms with E-state index in [-0.39, 0.29) is 13.1 Å². The Balaban J connectivity index is 1.74. The zero-order valence-corrected chi connectivity index (χ0v) is 12.2. The normalized spacial score (nSPS) is 20.4. The first-order valence-corrected chi connectivity index (χ1v) is 7.82. The van der Waals surface area contributed by atoms with Gasteiger partial charge in [-0.2, -0.15) is 13.2 Å². The molecule has 0 saturated carbocycles. The highest BCUT2D eigenvalue weighted by atomic mass is 32.1. The molecule has 0 unspecified atom stereocenters. The second kappa shape index (κ2) is 5.57. The predicted octanol–water partition coefficient (Wildman–Crippen LogP) is 2.06. The molecule has 3 rings (SSSR count). The molecule has 0 spiro atoms. The number of hydrogen-bond donors (Lipinski definition) is 1. The Hall–Kier alpha value is -1.15. The summed E-state index contributed by atoms with van der Waals surface area (Å²) < 4.78 is 37.5. The minimum atomic E-state index is -4.79. The Bertz CT molecular complexity index is 537. The van der Waals surface area contributed by atoms with Gasteiger partial charge in [-0.3, -0.25) is 4.79 Å². The summed E-state index contributed by atoms with van der Waals surface area (Å²) in [4.78, 5) is 17.6. The van der Waals surface area contributed by atoms with Crippen LogP contribution in [0.2, 0.25) is 0 Å².